The molecule has 0 saturated heterocycles. The summed E-state index contributed by atoms with van der Waals surface area (Å²) in [5, 5.41) is 24.6. The standard InChI is InChI=1S/C20H16N6/c1-13-9-15(11-21)10-14(2)19(13)25-18-7-8-23-20(26-18)24-17-6-4-3-5-16(17)12-22/h3-10H,1-2H3,(H2,23,24,25,26). The van der Waals surface area contributed by atoms with Crippen molar-refractivity contribution >= 4 is 23.1 Å². The number of aryl methyl sites for hydroxylation is 2. The predicted octanol–water partition coefficient (Wildman–Crippen LogP) is 4.32. The number of hydrogen-bond acceptors (Lipinski definition) is 6. The molecule has 126 valence electrons. The minimum absolute atomic E-state index is 0.390. The van der Waals surface area contributed by atoms with E-state index in [0.717, 1.165) is 16.8 Å². The van der Waals surface area contributed by atoms with Crippen LogP contribution in [-0.2, 0) is 0 Å². The van der Waals surface area contributed by atoms with Crippen LogP contribution in [0.5, 0.6) is 0 Å². The van der Waals surface area contributed by atoms with Crippen LogP contribution >= 0.6 is 0 Å². The Morgan fingerprint density at radius 3 is 2.35 bits per heavy atom. The second-order valence-electron chi connectivity index (χ2n) is 5.77. The maximum atomic E-state index is 9.18. The van der Waals surface area contributed by atoms with Gasteiger partial charge in [-0.25, -0.2) is 4.98 Å². The molecule has 0 aliphatic carbocycles. The largest absolute Gasteiger partial charge is 0.340 e. The van der Waals surface area contributed by atoms with Gasteiger partial charge in [-0.05, 0) is 55.3 Å². The van der Waals surface area contributed by atoms with E-state index in [-0.39, 0.29) is 0 Å². The molecule has 2 N–H and O–H groups in total. The Morgan fingerprint density at radius 2 is 1.65 bits per heavy atom. The highest BCUT2D eigenvalue weighted by atomic mass is 15.1. The third kappa shape index (κ3) is 3.61. The summed E-state index contributed by atoms with van der Waals surface area (Å²) < 4.78 is 0. The molecule has 0 fully saturated rings. The van der Waals surface area contributed by atoms with Gasteiger partial charge >= 0.3 is 0 Å². The number of nitrogens with zero attached hydrogens (tertiary/aromatic N) is 4. The number of benzene rings is 2. The predicted molar refractivity (Wildman–Crippen MR) is 100 cm³/mol. The van der Waals surface area contributed by atoms with Crippen LogP contribution in [-0.4, -0.2) is 9.97 Å². The molecule has 1 heterocycles. The Balaban J connectivity index is 1.87. The Bertz CT molecular complexity index is 1020. The van der Waals surface area contributed by atoms with Crippen molar-refractivity contribution in [1.29, 1.82) is 10.5 Å². The van der Waals surface area contributed by atoms with Gasteiger partial charge in [0.25, 0.3) is 0 Å². The molecule has 0 aliphatic heterocycles. The van der Waals surface area contributed by atoms with E-state index in [9.17, 15) is 5.26 Å². The van der Waals surface area contributed by atoms with Crippen LogP contribution < -0.4 is 10.6 Å². The second-order valence-corrected chi connectivity index (χ2v) is 5.77. The van der Waals surface area contributed by atoms with Crippen molar-refractivity contribution in [3.8, 4) is 12.1 Å². The first kappa shape index (κ1) is 16.9. The van der Waals surface area contributed by atoms with Gasteiger partial charge in [-0.1, -0.05) is 12.1 Å². The zero-order chi connectivity index (χ0) is 18.5. The molecule has 0 unspecified atom stereocenters. The highest BCUT2D eigenvalue weighted by molar-refractivity contribution is 5.68. The van der Waals surface area contributed by atoms with Crippen LogP contribution in [0.15, 0.2) is 48.7 Å². The lowest BCUT2D eigenvalue weighted by Crippen LogP contribution is -2.03. The molecule has 6 nitrogen and oxygen atoms in total. The molecule has 0 amide bonds. The van der Waals surface area contributed by atoms with Crippen molar-refractivity contribution in [3.63, 3.8) is 0 Å². The van der Waals surface area contributed by atoms with E-state index < -0.39 is 0 Å². The fourth-order valence-corrected chi connectivity index (χ4v) is 2.65. The Kier molecular flexibility index (Phi) is 4.78. The van der Waals surface area contributed by atoms with E-state index in [4.69, 9.17) is 5.26 Å². The summed E-state index contributed by atoms with van der Waals surface area (Å²) in [6.07, 6.45) is 1.64. The number of rotatable bonds is 4. The fraction of sp³-hybridized carbons (Fsp3) is 0.100. The van der Waals surface area contributed by atoms with Crippen molar-refractivity contribution in [1.82, 2.24) is 9.97 Å². The van der Waals surface area contributed by atoms with Gasteiger partial charge in [0.2, 0.25) is 5.95 Å². The normalized spacial score (nSPS) is 9.85. The van der Waals surface area contributed by atoms with E-state index in [0.29, 0.717) is 28.6 Å². The summed E-state index contributed by atoms with van der Waals surface area (Å²) in [6.45, 7) is 3.89. The van der Waals surface area contributed by atoms with E-state index in [1.165, 1.54) is 0 Å². The zero-order valence-corrected chi connectivity index (χ0v) is 14.4. The van der Waals surface area contributed by atoms with Gasteiger partial charge in [-0.3, -0.25) is 0 Å². The highest BCUT2D eigenvalue weighted by Gasteiger charge is 2.08. The minimum atomic E-state index is 0.390. The average molecular weight is 340 g/mol. The summed E-state index contributed by atoms with van der Waals surface area (Å²) in [5.74, 6) is 1.01. The first-order valence-electron chi connectivity index (χ1n) is 7.98. The molecular weight excluding hydrogens is 324 g/mol. The van der Waals surface area contributed by atoms with Crippen molar-refractivity contribution < 1.29 is 0 Å². The third-order valence-electron chi connectivity index (χ3n) is 3.86. The van der Waals surface area contributed by atoms with Gasteiger partial charge < -0.3 is 10.6 Å². The molecule has 0 atom stereocenters. The Morgan fingerprint density at radius 1 is 0.923 bits per heavy atom. The van der Waals surface area contributed by atoms with Crippen LogP contribution in [0.4, 0.5) is 23.1 Å². The van der Waals surface area contributed by atoms with Crippen LogP contribution in [0.1, 0.15) is 22.3 Å². The van der Waals surface area contributed by atoms with Crippen molar-refractivity contribution in [3.05, 3.63) is 70.9 Å². The number of hydrogen-bond donors (Lipinski definition) is 2. The fourth-order valence-electron chi connectivity index (χ4n) is 2.65. The quantitative estimate of drug-likeness (QED) is 0.734. The number of aromatic nitrogens is 2. The molecule has 0 saturated carbocycles. The smallest absolute Gasteiger partial charge is 0.229 e. The number of anilines is 4. The first-order chi connectivity index (χ1) is 12.6. The van der Waals surface area contributed by atoms with E-state index in [1.807, 2.05) is 32.0 Å². The van der Waals surface area contributed by atoms with Crippen molar-refractivity contribution in [2.75, 3.05) is 10.6 Å². The molecule has 3 aromatic rings. The molecule has 6 heteroatoms. The maximum Gasteiger partial charge on any atom is 0.229 e. The molecule has 0 radical (unpaired) electrons. The molecule has 0 aliphatic rings. The lowest BCUT2D eigenvalue weighted by Gasteiger charge is -2.13. The summed E-state index contributed by atoms with van der Waals surface area (Å²) in [5.41, 5.74) is 4.63. The number of nitrogens with one attached hydrogen (secondary N) is 2. The summed E-state index contributed by atoms with van der Waals surface area (Å²) in [4.78, 5) is 8.67. The SMILES string of the molecule is Cc1cc(C#N)cc(C)c1Nc1ccnc(Nc2ccccc2C#N)n1. The monoisotopic (exact) mass is 340 g/mol. The third-order valence-corrected chi connectivity index (χ3v) is 3.86. The Labute approximate surface area is 151 Å². The van der Waals surface area contributed by atoms with Gasteiger partial charge in [0.05, 0.1) is 22.9 Å². The molecule has 0 spiro atoms. The summed E-state index contributed by atoms with van der Waals surface area (Å²) in [6, 6.07) is 16.9. The van der Waals surface area contributed by atoms with Gasteiger partial charge in [0, 0.05) is 11.9 Å². The van der Waals surface area contributed by atoms with Gasteiger partial charge in [-0.15, -0.1) is 0 Å². The van der Waals surface area contributed by atoms with E-state index in [1.54, 1.807) is 30.5 Å². The number of para-hydroxylation sites is 1. The maximum absolute atomic E-state index is 9.18. The highest BCUT2D eigenvalue weighted by Crippen LogP contribution is 2.26. The van der Waals surface area contributed by atoms with Crippen LogP contribution in [0, 0.1) is 36.5 Å². The molecular formula is C20H16N6. The second kappa shape index (κ2) is 7.33. The van der Waals surface area contributed by atoms with Gasteiger partial charge in [-0.2, -0.15) is 15.5 Å². The Hall–Kier alpha value is -3.90. The van der Waals surface area contributed by atoms with Crippen LogP contribution in [0.3, 0.4) is 0 Å². The molecule has 3 rings (SSSR count). The summed E-state index contributed by atoms with van der Waals surface area (Å²) >= 11 is 0. The molecule has 2 aromatic carbocycles. The lowest BCUT2D eigenvalue weighted by atomic mass is 10.0. The summed E-state index contributed by atoms with van der Waals surface area (Å²) in [7, 11) is 0. The van der Waals surface area contributed by atoms with Crippen LogP contribution in [0.25, 0.3) is 0 Å². The van der Waals surface area contributed by atoms with Gasteiger partial charge in [0.1, 0.15) is 11.9 Å². The minimum Gasteiger partial charge on any atom is -0.340 e. The number of nitriles is 2. The topological polar surface area (TPSA) is 97.4 Å². The average Bonchev–Trinajstić information content (AvgIpc) is 2.65. The lowest BCUT2D eigenvalue weighted by molar-refractivity contribution is 1.16. The van der Waals surface area contributed by atoms with E-state index in [2.05, 4.69) is 32.7 Å². The first-order valence-corrected chi connectivity index (χ1v) is 7.98. The molecule has 1 aromatic heterocycles. The molecule has 0 bridgehead atoms. The van der Waals surface area contributed by atoms with Crippen molar-refractivity contribution in [2.45, 2.75) is 13.8 Å². The van der Waals surface area contributed by atoms with E-state index >= 15 is 0 Å². The van der Waals surface area contributed by atoms with Crippen LogP contribution in [0.2, 0.25) is 0 Å². The van der Waals surface area contributed by atoms with Crippen molar-refractivity contribution in [2.24, 2.45) is 0 Å². The zero-order valence-electron chi connectivity index (χ0n) is 14.4. The van der Waals surface area contributed by atoms with Gasteiger partial charge in [0.15, 0.2) is 0 Å². The molecule has 26 heavy (non-hydrogen) atoms.